The van der Waals surface area contributed by atoms with Crippen molar-refractivity contribution in [1.29, 1.82) is 0 Å². The maximum Gasteiger partial charge on any atom is 0.339 e. The van der Waals surface area contributed by atoms with Gasteiger partial charge in [0.2, 0.25) is 0 Å². The smallest absolute Gasteiger partial charge is 0.339 e. The molecule has 0 aliphatic rings. The summed E-state index contributed by atoms with van der Waals surface area (Å²) in [6, 6.07) is 23.7. The molecule has 0 bridgehead atoms. The molecule has 1 heterocycles. The molecule has 0 aliphatic heterocycles. The Hall–Kier alpha value is -2.79. The topological polar surface area (TPSA) is 42.7 Å². The molecule has 0 unspecified atom stereocenters. The normalized spacial score (nSPS) is 10.9. The number of nitrogens with zero attached hydrogens (tertiary/aromatic N) is 1. The minimum atomic E-state index is -0.319. The number of hydrogen-bond acceptors (Lipinski definition) is 4. The van der Waals surface area contributed by atoms with E-state index >= 15 is 0 Å². The lowest BCUT2D eigenvalue weighted by Gasteiger charge is -2.17. The van der Waals surface area contributed by atoms with Crippen molar-refractivity contribution in [2.75, 3.05) is 7.05 Å². The van der Waals surface area contributed by atoms with Crippen LogP contribution in [0.1, 0.15) is 22.3 Å². The Morgan fingerprint density at radius 2 is 1.62 bits per heavy atom. The van der Waals surface area contributed by atoms with Gasteiger partial charge in [-0.1, -0.05) is 48.0 Å². The third kappa shape index (κ3) is 6.13. The summed E-state index contributed by atoms with van der Waals surface area (Å²) in [6.07, 6.45) is 0. The number of halogens is 2. The summed E-state index contributed by atoms with van der Waals surface area (Å²) in [5.41, 5.74) is 4.32. The maximum atomic E-state index is 11.7. The van der Waals surface area contributed by atoms with E-state index in [1.54, 1.807) is 13.0 Å². The molecule has 0 fully saturated rings. The van der Waals surface area contributed by atoms with Crippen LogP contribution in [0.25, 0.3) is 11.0 Å². The van der Waals surface area contributed by atoms with E-state index in [0.29, 0.717) is 23.5 Å². The summed E-state index contributed by atoms with van der Waals surface area (Å²) in [4.78, 5) is 14.0. The Balaban J connectivity index is 0.00000289. The number of benzene rings is 3. The Labute approximate surface area is 198 Å². The first-order valence-corrected chi connectivity index (χ1v) is 10.5. The Bertz CT molecular complexity index is 1250. The summed E-state index contributed by atoms with van der Waals surface area (Å²) in [5.74, 6) is 0.671. The SMILES string of the molecule is Cc1cc2ccc(OCc3ccc(CN(C)Cc4cccc(Cl)c4)cc3)cc2oc1=O.Cl. The lowest BCUT2D eigenvalue weighted by molar-refractivity contribution is 0.305. The molecule has 0 amide bonds. The molecule has 6 heteroatoms. The highest BCUT2D eigenvalue weighted by atomic mass is 35.5. The predicted octanol–water partition coefficient (Wildman–Crippen LogP) is 6.39. The van der Waals surface area contributed by atoms with Crippen LogP contribution in [-0.2, 0) is 19.7 Å². The van der Waals surface area contributed by atoms with E-state index in [4.69, 9.17) is 20.8 Å². The van der Waals surface area contributed by atoms with Crippen LogP contribution in [0.2, 0.25) is 5.02 Å². The first kappa shape index (κ1) is 23.9. The van der Waals surface area contributed by atoms with Gasteiger partial charge in [-0.3, -0.25) is 4.90 Å². The minimum Gasteiger partial charge on any atom is -0.489 e. The standard InChI is InChI=1S/C26H24ClNO3.ClH/c1-18-12-22-10-11-24(14-25(22)31-26(18)29)30-17-20-8-6-19(7-9-20)15-28(2)16-21-4-3-5-23(27)13-21;/h3-14H,15-17H2,1-2H3;1H. The van der Waals surface area contributed by atoms with Crippen molar-refractivity contribution in [1.82, 2.24) is 4.90 Å². The van der Waals surface area contributed by atoms with Crippen LogP contribution in [0.5, 0.6) is 5.75 Å². The van der Waals surface area contributed by atoms with Crippen molar-refractivity contribution in [3.63, 3.8) is 0 Å². The molecule has 4 aromatic rings. The van der Waals surface area contributed by atoms with Gasteiger partial charge in [-0.25, -0.2) is 4.79 Å². The monoisotopic (exact) mass is 469 g/mol. The zero-order valence-corrected chi connectivity index (χ0v) is 19.6. The number of rotatable bonds is 7. The lowest BCUT2D eigenvalue weighted by Crippen LogP contribution is -2.17. The molecule has 32 heavy (non-hydrogen) atoms. The number of aryl methyl sites for hydroxylation is 1. The van der Waals surface area contributed by atoms with E-state index in [0.717, 1.165) is 29.1 Å². The Morgan fingerprint density at radius 1 is 0.906 bits per heavy atom. The molecular formula is C26H25Cl2NO3. The average Bonchev–Trinajstić information content (AvgIpc) is 2.74. The molecular weight excluding hydrogens is 445 g/mol. The third-order valence-corrected chi connectivity index (χ3v) is 5.34. The highest BCUT2D eigenvalue weighted by Crippen LogP contribution is 2.21. The van der Waals surface area contributed by atoms with E-state index in [-0.39, 0.29) is 18.0 Å². The third-order valence-electron chi connectivity index (χ3n) is 5.10. The van der Waals surface area contributed by atoms with E-state index in [2.05, 4.69) is 42.3 Å². The Morgan fingerprint density at radius 3 is 2.38 bits per heavy atom. The molecule has 0 saturated heterocycles. The summed E-state index contributed by atoms with van der Waals surface area (Å²) in [5, 5.41) is 1.65. The summed E-state index contributed by atoms with van der Waals surface area (Å²) >= 11 is 6.07. The first-order chi connectivity index (χ1) is 15.0. The number of fused-ring (bicyclic) bond motifs is 1. The predicted molar refractivity (Wildman–Crippen MR) is 132 cm³/mol. The van der Waals surface area contributed by atoms with Crippen molar-refractivity contribution in [3.8, 4) is 5.75 Å². The van der Waals surface area contributed by atoms with Gasteiger partial charge in [0, 0.05) is 35.1 Å². The summed E-state index contributed by atoms with van der Waals surface area (Å²) in [6.45, 7) is 3.87. The van der Waals surface area contributed by atoms with Crippen LogP contribution in [0.4, 0.5) is 0 Å². The van der Waals surface area contributed by atoms with Gasteiger partial charge >= 0.3 is 5.63 Å². The van der Waals surface area contributed by atoms with Gasteiger partial charge in [-0.05, 0) is 61.0 Å². The van der Waals surface area contributed by atoms with E-state index in [1.807, 2.05) is 36.4 Å². The second kappa shape index (κ2) is 10.7. The van der Waals surface area contributed by atoms with E-state index < -0.39 is 0 Å². The van der Waals surface area contributed by atoms with Crippen molar-refractivity contribution >= 4 is 35.0 Å². The minimum absolute atomic E-state index is 0. The van der Waals surface area contributed by atoms with Gasteiger partial charge < -0.3 is 9.15 Å². The van der Waals surface area contributed by atoms with Gasteiger partial charge in [0.05, 0.1) is 0 Å². The van der Waals surface area contributed by atoms with Crippen LogP contribution in [-0.4, -0.2) is 11.9 Å². The molecule has 0 spiro atoms. The average molecular weight is 470 g/mol. The highest BCUT2D eigenvalue weighted by Gasteiger charge is 2.05. The van der Waals surface area contributed by atoms with Crippen molar-refractivity contribution in [2.45, 2.75) is 26.6 Å². The fourth-order valence-electron chi connectivity index (χ4n) is 3.51. The van der Waals surface area contributed by atoms with Gasteiger partial charge in [-0.2, -0.15) is 0 Å². The molecule has 0 atom stereocenters. The van der Waals surface area contributed by atoms with Crippen LogP contribution in [0.15, 0.2) is 82.0 Å². The summed E-state index contributed by atoms with van der Waals surface area (Å²) < 4.78 is 11.2. The van der Waals surface area contributed by atoms with Crippen molar-refractivity contribution in [3.05, 3.63) is 110 Å². The Kier molecular flexibility index (Phi) is 7.97. The van der Waals surface area contributed by atoms with Crippen LogP contribution in [0.3, 0.4) is 0 Å². The van der Waals surface area contributed by atoms with Crippen LogP contribution < -0.4 is 10.4 Å². The molecule has 0 radical (unpaired) electrons. The van der Waals surface area contributed by atoms with Crippen LogP contribution >= 0.6 is 24.0 Å². The second-order valence-electron chi connectivity index (χ2n) is 7.82. The van der Waals surface area contributed by atoms with Gasteiger partial charge in [0.1, 0.15) is 17.9 Å². The largest absolute Gasteiger partial charge is 0.489 e. The van der Waals surface area contributed by atoms with Gasteiger partial charge in [0.25, 0.3) is 0 Å². The van der Waals surface area contributed by atoms with Crippen molar-refractivity contribution < 1.29 is 9.15 Å². The second-order valence-corrected chi connectivity index (χ2v) is 8.26. The fraction of sp³-hybridized carbons (Fsp3) is 0.192. The number of ether oxygens (including phenoxy) is 1. The zero-order valence-electron chi connectivity index (χ0n) is 18.0. The van der Waals surface area contributed by atoms with E-state index in [1.165, 1.54) is 11.1 Å². The molecule has 4 nitrogen and oxygen atoms in total. The molecule has 3 aromatic carbocycles. The van der Waals surface area contributed by atoms with Crippen LogP contribution in [0, 0.1) is 6.92 Å². The van der Waals surface area contributed by atoms with E-state index in [9.17, 15) is 4.79 Å². The lowest BCUT2D eigenvalue weighted by atomic mass is 10.1. The molecule has 0 aliphatic carbocycles. The maximum absolute atomic E-state index is 11.7. The fourth-order valence-corrected chi connectivity index (χ4v) is 3.72. The molecule has 0 N–H and O–H groups in total. The van der Waals surface area contributed by atoms with Gasteiger partial charge in [0.15, 0.2) is 0 Å². The summed E-state index contributed by atoms with van der Waals surface area (Å²) in [7, 11) is 2.09. The molecule has 0 saturated carbocycles. The van der Waals surface area contributed by atoms with Crippen molar-refractivity contribution in [2.24, 2.45) is 0 Å². The quantitative estimate of drug-likeness (QED) is 0.294. The molecule has 166 valence electrons. The zero-order chi connectivity index (χ0) is 21.8. The number of hydrogen-bond donors (Lipinski definition) is 0. The van der Waals surface area contributed by atoms with Gasteiger partial charge in [-0.15, -0.1) is 12.4 Å². The highest BCUT2D eigenvalue weighted by molar-refractivity contribution is 6.30. The first-order valence-electron chi connectivity index (χ1n) is 10.1. The molecule has 4 rings (SSSR count). The molecule has 1 aromatic heterocycles.